The number of carbonyl (C=O) groups excluding carboxylic acids is 1. The number of aryl methyl sites for hydroxylation is 1. The zero-order chi connectivity index (χ0) is 12.7. The summed E-state index contributed by atoms with van der Waals surface area (Å²) >= 11 is 0. The normalized spacial score (nSPS) is 13.3. The van der Waals surface area contributed by atoms with Crippen molar-refractivity contribution in [3.8, 4) is 16.9 Å². The van der Waals surface area contributed by atoms with Crippen molar-refractivity contribution < 1.29 is 14.6 Å². The van der Waals surface area contributed by atoms with Gasteiger partial charge in [0, 0.05) is 0 Å². The van der Waals surface area contributed by atoms with Crippen molar-refractivity contribution in [1.82, 2.24) is 0 Å². The predicted octanol–water partition coefficient (Wildman–Crippen LogP) is 3.04. The summed E-state index contributed by atoms with van der Waals surface area (Å²) in [5.41, 5.74) is 4.34. The van der Waals surface area contributed by atoms with Gasteiger partial charge in [0.05, 0.1) is 5.56 Å². The van der Waals surface area contributed by atoms with E-state index in [1.54, 1.807) is 12.1 Å². The van der Waals surface area contributed by atoms with Crippen LogP contribution in [0.1, 0.15) is 21.5 Å². The fourth-order valence-corrected chi connectivity index (χ4v) is 2.26. The lowest BCUT2D eigenvalue weighted by atomic mass is 9.95. The third-order valence-electron chi connectivity index (χ3n) is 3.13. The van der Waals surface area contributed by atoms with Gasteiger partial charge in [0.2, 0.25) is 0 Å². The number of aromatic hydroxyl groups is 1. The van der Waals surface area contributed by atoms with Gasteiger partial charge in [0.1, 0.15) is 12.4 Å². The van der Waals surface area contributed by atoms with Crippen LogP contribution in [0.25, 0.3) is 11.1 Å². The van der Waals surface area contributed by atoms with Crippen molar-refractivity contribution in [3.05, 3.63) is 53.1 Å². The number of hydrogen-bond acceptors (Lipinski definition) is 3. The first kappa shape index (κ1) is 10.8. The monoisotopic (exact) mass is 240 g/mol. The van der Waals surface area contributed by atoms with Gasteiger partial charge in [-0.1, -0.05) is 23.8 Å². The fourth-order valence-electron chi connectivity index (χ4n) is 2.26. The molecular weight excluding hydrogens is 228 g/mol. The van der Waals surface area contributed by atoms with Crippen LogP contribution in [-0.2, 0) is 11.3 Å². The number of benzene rings is 2. The topological polar surface area (TPSA) is 46.5 Å². The van der Waals surface area contributed by atoms with E-state index in [1.165, 1.54) is 6.07 Å². The van der Waals surface area contributed by atoms with E-state index < -0.39 is 5.97 Å². The Morgan fingerprint density at radius 2 is 1.83 bits per heavy atom. The number of phenolic OH excluding ortho intramolecular Hbond substituents is 1. The van der Waals surface area contributed by atoms with Crippen LogP contribution in [0.5, 0.6) is 5.75 Å². The van der Waals surface area contributed by atoms with Crippen molar-refractivity contribution in [3.63, 3.8) is 0 Å². The van der Waals surface area contributed by atoms with Crippen molar-refractivity contribution in [2.24, 2.45) is 0 Å². The van der Waals surface area contributed by atoms with E-state index in [2.05, 4.69) is 0 Å². The minimum absolute atomic E-state index is 0.0706. The number of esters is 1. The molecule has 0 aromatic heterocycles. The summed E-state index contributed by atoms with van der Waals surface area (Å²) in [6, 6.07) is 10.8. The van der Waals surface area contributed by atoms with Crippen molar-refractivity contribution in [1.29, 1.82) is 0 Å². The Morgan fingerprint density at radius 3 is 2.67 bits per heavy atom. The summed E-state index contributed by atoms with van der Waals surface area (Å²) < 4.78 is 5.22. The van der Waals surface area contributed by atoms with E-state index >= 15 is 0 Å². The number of ether oxygens (including phenoxy) is 1. The van der Waals surface area contributed by atoms with Gasteiger partial charge in [-0.05, 0) is 41.8 Å². The molecule has 3 rings (SSSR count). The molecule has 2 aromatic carbocycles. The second-order valence-corrected chi connectivity index (χ2v) is 4.47. The van der Waals surface area contributed by atoms with Gasteiger partial charge in [0.15, 0.2) is 0 Å². The number of hydrogen-bond donors (Lipinski definition) is 1. The Bertz CT molecular complexity index is 644. The molecule has 1 heterocycles. The minimum atomic E-state index is -0.394. The van der Waals surface area contributed by atoms with Crippen molar-refractivity contribution in [2.75, 3.05) is 0 Å². The molecule has 90 valence electrons. The lowest BCUT2D eigenvalue weighted by Gasteiger charge is -2.08. The van der Waals surface area contributed by atoms with Crippen LogP contribution in [0, 0.1) is 6.92 Å². The highest BCUT2D eigenvalue weighted by atomic mass is 16.5. The van der Waals surface area contributed by atoms with E-state index in [0.29, 0.717) is 5.56 Å². The average Bonchev–Trinajstić information content (AvgIpc) is 2.48. The predicted molar refractivity (Wildman–Crippen MR) is 67.4 cm³/mol. The highest BCUT2D eigenvalue weighted by Crippen LogP contribution is 2.33. The molecule has 0 atom stereocenters. The first-order chi connectivity index (χ1) is 8.65. The maximum absolute atomic E-state index is 11.9. The van der Waals surface area contributed by atoms with Crippen molar-refractivity contribution >= 4 is 5.97 Å². The number of fused-ring (bicyclic) bond motifs is 3. The summed E-state index contributed by atoms with van der Waals surface area (Å²) in [7, 11) is 0. The van der Waals surface area contributed by atoms with Crippen LogP contribution in [0.2, 0.25) is 0 Å². The first-order valence-corrected chi connectivity index (χ1v) is 5.75. The molecule has 1 N–H and O–H groups in total. The molecule has 0 radical (unpaired) electrons. The number of carbonyl (C=O) groups is 1. The Morgan fingerprint density at radius 1 is 1.06 bits per heavy atom. The maximum Gasteiger partial charge on any atom is 0.339 e. The first-order valence-electron chi connectivity index (χ1n) is 5.75. The third kappa shape index (κ3) is 1.64. The van der Waals surface area contributed by atoms with Gasteiger partial charge in [-0.15, -0.1) is 0 Å². The highest BCUT2D eigenvalue weighted by Gasteiger charge is 2.21. The molecule has 0 saturated heterocycles. The molecule has 0 fully saturated rings. The summed E-state index contributed by atoms with van der Waals surface area (Å²) in [4.78, 5) is 11.9. The van der Waals surface area contributed by atoms with Gasteiger partial charge in [-0.2, -0.15) is 0 Å². The molecule has 2 aromatic rings. The van der Waals surface area contributed by atoms with E-state index in [-0.39, 0.29) is 12.4 Å². The Kier molecular flexibility index (Phi) is 2.33. The highest BCUT2D eigenvalue weighted by molar-refractivity contribution is 5.99. The SMILES string of the molecule is Cc1ccc2c(c1)COC(=O)c1cc(O)ccc1-2. The Balaban J connectivity index is 2.30. The third-order valence-corrected chi connectivity index (χ3v) is 3.13. The summed E-state index contributed by atoms with van der Waals surface area (Å²) in [6.07, 6.45) is 0. The van der Waals surface area contributed by atoms with Crippen LogP contribution in [-0.4, -0.2) is 11.1 Å². The van der Waals surface area contributed by atoms with Crippen LogP contribution in [0.4, 0.5) is 0 Å². The average molecular weight is 240 g/mol. The fraction of sp³-hybridized carbons (Fsp3) is 0.133. The molecule has 0 unspecified atom stereocenters. The minimum Gasteiger partial charge on any atom is -0.508 e. The molecule has 0 aliphatic carbocycles. The summed E-state index contributed by atoms with van der Waals surface area (Å²) in [5, 5.41) is 9.48. The molecule has 18 heavy (non-hydrogen) atoms. The van der Waals surface area contributed by atoms with E-state index in [0.717, 1.165) is 22.3 Å². The molecule has 1 aliphatic heterocycles. The zero-order valence-electron chi connectivity index (χ0n) is 9.93. The second kappa shape index (κ2) is 3.88. The van der Waals surface area contributed by atoms with Gasteiger partial charge in [-0.3, -0.25) is 0 Å². The zero-order valence-corrected chi connectivity index (χ0v) is 9.93. The van der Waals surface area contributed by atoms with E-state index in [4.69, 9.17) is 4.74 Å². The van der Waals surface area contributed by atoms with Crippen LogP contribution in [0.15, 0.2) is 36.4 Å². The van der Waals surface area contributed by atoms with Crippen LogP contribution < -0.4 is 0 Å². The Labute approximate surface area is 105 Å². The summed E-state index contributed by atoms with van der Waals surface area (Å²) in [5.74, 6) is -0.323. The lowest BCUT2D eigenvalue weighted by Crippen LogP contribution is -2.02. The molecule has 0 amide bonds. The van der Waals surface area contributed by atoms with Crippen molar-refractivity contribution in [2.45, 2.75) is 13.5 Å². The quantitative estimate of drug-likeness (QED) is 0.720. The standard InChI is InChI=1S/C15H12O3/c1-9-2-4-12-10(6-9)8-18-15(17)14-7-11(16)3-5-13(12)14/h2-7,16H,8H2,1H3. The lowest BCUT2D eigenvalue weighted by molar-refractivity contribution is 0.0478. The second-order valence-electron chi connectivity index (χ2n) is 4.47. The van der Waals surface area contributed by atoms with Crippen LogP contribution >= 0.6 is 0 Å². The van der Waals surface area contributed by atoms with E-state index in [9.17, 15) is 9.90 Å². The smallest absolute Gasteiger partial charge is 0.339 e. The Hall–Kier alpha value is -2.29. The number of rotatable bonds is 0. The molecule has 0 spiro atoms. The largest absolute Gasteiger partial charge is 0.508 e. The van der Waals surface area contributed by atoms with Gasteiger partial charge >= 0.3 is 5.97 Å². The van der Waals surface area contributed by atoms with Crippen LogP contribution in [0.3, 0.4) is 0 Å². The molecule has 1 aliphatic rings. The number of phenols is 1. The maximum atomic E-state index is 11.9. The molecule has 3 nitrogen and oxygen atoms in total. The number of cyclic esters (lactones) is 1. The molecular formula is C15H12O3. The van der Waals surface area contributed by atoms with Gasteiger partial charge in [0.25, 0.3) is 0 Å². The van der Waals surface area contributed by atoms with Gasteiger partial charge in [-0.25, -0.2) is 4.79 Å². The van der Waals surface area contributed by atoms with Gasteiger partial charge < -0.3 is 9.84 Å². The molecule has 3 heteroatoms. The molecule has 0 bridgehead atoms. The summed E-state index contributed by atoms with van der Waals surface area (Å²) in [6.45, 7) is 2.27. The molecule has 0 saturated carbocycles. The van der Waals surface area contributed by atoms with E-state index in [1.807, 2.05) is 25.1 Å².